The summed E-state index contributed by atoms with van der Waals surface area (Å²) in [5, 5.41) is 2.35. The lowest BCUT2D eigenvalue weighted by atomic mass is 9.76. The largest absolute Gasteiger partial charge is 0.456 e. The van der Waals surface area contributed by atoms with Crippen molar-refractivity contribution in [1.82, 2.24) is 0 Å². The Bertz CT molecular complexity index is 2370. The van der Waals surface area contributed by atoms with Gasteiger partial charge in [0.15, 0.2) is 0 Å². The molecule has 230 valence electrons. The normalized spacial score (nSPS) is 15.0. The van der Waals surface area contributed by atoms with Crippen molar-refractivity contribution < 1.29 is 4.42 Å². The van der Waals surface area contributed by atoms with Crippen LogP contribution in [0.1, 0.15) is 31.4 Å². The molecule has 1 unspecified atom stereocenters. The number of nitrogens with zero attached hydrogens (tertiary/aromatic N) is 1. The summed E-state index contributed by atoms with van der Waals surface area (Å²) in [5.74, 6) is 0. The molecule has 1 atom stereocenters. The second-order valence-electron chi connectivity index (χ2n) is 13.0. The van der Waals surface area contributed by atoms with Crippen LogP contribution in [0.2, 0.25) is 0 Å². The van der Waals surface area contributed by atoms with Crippen LogP contribution >= 0.6 is 0 Å². The van der Waals surface area contributed by atoms with Crippen LogP contribution in [0.4, 0.5) is 17.1 Å². The monoisotopic (exact) mass is 617 g/mol. The minimum atomic E-state index is -0.208. The highest BCUT2D eigenvalue weighted by atomic mass is 16.3. The third-order valence-corrected chi connectivity index (χ3v) is 10.4. The Kier molecular flexibility index (Phi) is 6.58. The van der Waals surface area contributed by atoms with Crippen LogP contribution < -0.4 is 4.90 Å². The molecule has 9 rings (SSSR count). The van der Waals surface area contributed by atoms with Crippen molar-refractivity contribution in [2.45, 2.75) is 25.7 Å². The van der Waals surface area contributed by atoms with Gasteiger partial charge in [-0.15, -0.1) is 0 Å². The minimum absolute atomic E-state index is 0.208. The Balaban J connectivity index is 1.29. The fraction of sp³-hybridized carbons (Fsp3) is 0.0870. The smallest absolute Gasteiger partial charge is 0.136 e. The lowest BCUT2D eigenvalue weighted by molar-refractivity contribution is 0.565. The minimum Gasteiger partial charge on any atom is -0.456 e. The van der Waals surface area contributed by atoms with Crippen LogP contribution in [-0.2, 0) is 5.41 Å². The zero-order valence-corrected chi connectivity index (χ0v) is 27.2. The van der Waals surface area contributed by atoms with Gasteiger partial charge in [-0.25, -0.2) is 0 Å². The van der Waals surface area contributed by atoms with Gasteiger partial charge in [-0.2, -0.15) is 0 Å². The summed E-state index contributed by atoms with van der Waals surface area (Å²) >= 11 is 0. The van der Waals surface area contributed by atoms with E-state index in [0.717, 1.165) is 29.0 Å². The molecular formula is C46H35NO. The maximum atomic E-state index is 6.41. The van der Waals surface area contributed by atoms with E-state index in [0.29, 0.717) is 0 Å². The Morgan fingerprint density at radius 2 is 1.08 bits per heavy atom. The average molecular weight is 618 g/mol. The van der Waals surface area contributed by atoms with Gasteiger partial charge in [0.25, 0.3) is 0 Å². The van der Waals surface area contributed by atoms with Gasteiger partial charge in [0, 0.05) is 27.6 Å². The number of anilines is 3. The van der Waals surface area contributed by atoms with Crippen molar-refractivity contribution in [1.29, 1.82) is 0 Å². The van der Waals surface area contributed by atoms with E-state index >= 15 is 0 Å². The summed E-state index contributed by atoms with van der Waals surface area (Å²) < 4.78 is 6.41. The number of para-hydroxylation sites is 1. The summed E-state index contributed by atoms with van der Waals surface area (Å²) in [6, 6.07) is 59.1. The molecule has 1 aliphatic carbocycles. The van der Waals surface area contributed by atoms with E-state index in [4.69, 9.17) is 4.42 Å². The number of benzene rings is 7. The van der Waals surface area contributed by atoms with E-state index in [1.807, 2.05) is 6.07 Å². The van der Waals surface area contributed by atoms with Gasteiger partial charge in [-0.05, 0) is 99.5 Å². The maximum absolute atomic E-state index is 6.41. The molecule has 0 amide bonds. The van der Waals surface area contributed by atoms with Gasteiger partial charge in [0.05, 0.1) is 5.69 Å². The Labute approximate surface area is 281 Å². The maximum Gasteiger partial charge on any atom is 0.136 e. The lowest BCUT2D eigenvalue weighted by Gasteiger charge is -2.34. The summed E-state index contributed by atoms with van der Waals surface area (Å²) in [4.78, 5) is 2.47. The number of furan rings is 1. The molecule has 0 bridgehead atoms. The highest BCUT2D eigenvalue weighted by Crippen LogP contribution is 2.57. The molecule has 0 saturated heterocycles. The van der Waals surface area contributed by atoms with Crippen molar-refractivity contribution in [2.75, 3.05) is 4.90 Å². The summed E-state index contributed by atoms with van der Waals surface area (Å²) in [7, 11) is 0. The third-order valence-electron chi connectivity index (χ3n) is 10.4. The van der Waals surface area contributed by atoms with Crippen LogP contribution in [0, 0.1) is 0 Å². The third kappa shape index (κ3) is 4.41. The van der Waals surface area contributed by atoms with Crippen molar-refractivity contribution in [3.05, 3.63) is 175 Å². The highest BCUT2D eigenvalue weighted by Gasteiger charge is 2.42. The molecule has 0 radical (unpaired) electrons. The standard InChI is InChI=1S/C46H35NO/c1-3-46(2)41-29-40-37-23-10-11-26-43(37)48-44(40)30-39(41)38-24-14-25-42(45(38)46)47(35-21-12-19-33(27-35)31-15-6-4-7-16-31)36-22-13-20-34(28-36)32-17-8-5-9-18-32/h4-30H,3H2,1-2H3. The fourth-order valence-corrected chi connectivity index (χ4v) is 7.82. The topological polar surface area (TPSA) is 16.4 Å². The van der Waals surface area contributed by atoms with Crippen molar-refractivity contribution in [3.8, 4) is 33.4 Å². The first-order chi connectivity index (χ1) is 23.6. The molecule has 2 heteroatoms. The van der Waals surface area contributed by atoms with Crippen LogP contribution in [0.25, 0.3) is 55.3 Å². The highest BCUT2D eigenvalue weighted by molar-refractivity contribution is 6.08. The van der Waals surface area contributed by atoms with E-state index in [9.17, 15) is 0 Å². The van der Waals surface area contributed by atoms with Crippen molar-refractivity contribution in [2.24, 2.45) is 0 Å². The number of fused-ring (bicyclic) bond motifs is 6. The molecule has 0 aliphatic heterocycles. The molecule has 0 N–H and O–H groups in total. The van der Waals surface area contributed by atoms with E-state index in [1.54, 1.807) is 0 Å². The fourth-order valence-electron chi connectivity index (χ4n) is 7.82. The first-order valence-corrected chi connectivity index (χ1v) is 16.8. The first-order valence-electron chi connectivity index (χ1n) is 16.8. The van der Waals surface area contributed by atoms with Gasteiger partial charge in [-0.1, -0.05) is 129 Å². The van der Waals surface area contributed by atoms with E-state index in [-0.39, 0.29) is 5.41 Å². The molecule has 0 saturated carbocycles. The molecular weight excluding hydrogens is 583 g/mol. The zero-order valence-electron chi connectivity index (χ0n) is 27.2. The number of hydrogen-bond acceptors (Lipinski definition) is 2. The van der Waals surface area contributed by atoms with Crippen LogP contribution in [-0.4, -0.2) is 0 Å². The van der Waals surface area contributed by atoms with Crippen LogP contribution in [0.3, 0.4) is 0 Å². The second-order valence-corrected chi connectivity index (χ2v) is 13.0. The predicted octanol–water partition coefficient (Wildman–Crippen LogP) is 13.1. The Hall–Kier alpha value is -5.86. The molecule has 0 fully saturated rings. The Morgan fingerprint density at radius 1 is 0.500 bits per heavy atom. The summed E-state index contributed by atoms with van der Waals surface area (Å²) in [6.45, 7) is 4.75. The zero-order chi connectivity index (χ0) is 32.2. The van der Waals surface area contributed by atoms with Crippen LogP contribution in [0.5, 0.6) is 0 Å². The molecule has 2 nitrogen and oxygen atoms in total. The molecule has 7 aromatic carbocycles. The van der Waals surface area contributed by atoms with Gasteiger partial charge < -0.3 is 9.32 Å². The van der Waals surface area contributed by atoms with Crippen molar-refractivity contribution in [3.63, 3.8) is 0 Å². The van der Waals surface area contributed by atoms with E-state index in [2.05, 4.69) is 176 Å². The molecule has 8 aromatic rings. The second kappa shape index (κ2) is 11.1. The molecule has 1 aliphatic rings. The average Bonchev–Trinajstić information content (AvgIpc) is 3.64. The molecule has 1 aromatic heterocycles. The quantitative estimate of drug-likeness (QED) is 0.185. The van der Waals surface area contributed by atoms with Gasteiger partial charge in [-0.3, -0.25) is 0 Å². The number of hydrogen-bond donors (Lipinski definition) is 0. The summed E-state index contributed by atoms with van der Waals surface area (Å²) in [5.41, 5.74) is 15.2. The van der Waals surface area contributed by atoms with Crippen molar-refractivity contribution >= 4 is 39.0 Å². The molecule has 1 heterocycles. The number of rotatable bonds is 6. The van der Waals surface area contributed by atoms with E-state index in [1.165, 1.54) is 61.0 Å². The van der Waals surface area contributed by atoms with Crippen LogP contribution in [0.15, 0.2) is 168 Å². The first kappa shape index (κ1) is 28.4. The SMILES string of the molecule is CCC1(C)c2cc3c(cc2-c2cccc(N(c4cccc(-c5ccccc5)c4)c4cccc(-c5ccccc5)c4)c21)oc1ccccc13. The molecule has 48 heavy (non-hydrogen) atoms. The molecule has 0 spiro atoms. The summed E-state index contributed by atoms with van der Waals surface area (Å²) in [6.07, 6.45) is 0.966. The van der Waals surface area contributed by atoms with E-state index < -0.39 is 0 Å². The lowest BCUT2D eigenvalue weighted by Crippen LogP contribution is -2.23. The van der Waals surface area contributed by atoms with Gasteiger partial charge in [0.2, 0.25) is 0 Å². The predicted molar refractivity (Wildman–Crippen MR) is 201 cm³/mol. The van der Waals surface area contributed by atoms with Gasteiger partial charge in [0.1, 0.15) is 11.2 Å². The van der Waals surface area contributed by atoms with Gasteiger partial charge >= 0.3 is 0 Å². The Morgan fingerprint density at radius 3 is 1.73 bits per heavy atom.